The molecule has 0 aliphatic carbocycles. The Morgan fingerprint density at radius 1 is 1.19 bits per heavy atom. The molecule has 2 rings (SSSR count). The van der Waals surface area contributed by atoms with Crippen LogP contribution in [0.3, 0.4) is 0 Å². The summed E-state index contributed by atoms with van der Waals surface area (Å²) in [5.41, 5.74) is 10.9. The standard InChI is InChI=1S/C12H11F2N5OS/c13-6-1-2-8(7(14)3-6)17-11(20)5-21-12-18-9(15)4-10(16)19-12/h1-4H,5H2,(H,17,20)(H4,15,16,18,19). The molecular weight excluding hydrogens is 300 g/mol. The van der Waals surface area contributed by atoms with Gasteiger partial charge in [-0.05, 0) is 12.1 Å². The zero-order valence-corrected chi connectivity index (χ0v) is 11.5. The third kappa shape index (κ3) is 4.28. The lowest BCUT2D eigenvalue weighted by atomic mass is 10.3. The number of thioether (sulfide) groups is 1. The fraction of sp³-hybridized carbons (Fsp3) is 0.0833. The number of carbonyl (C=O) groups excluding carboxylic acids is 1. The van der Waals surface area contributed by atoms with Crippen LogP contribution in [-0.4, -0.2) is 21.6 Å². The summed E-state index contributed by atoms with van der Waals surface area (Å²) in [5.74, 6) is -1.75. The minimum absolute atomic E-state index is 0.0697. The van der Waals surface area contributed by atoms with E-state index in [0.717, 1.165) is 23.9 Å². The van der Waals surface area contributed by atoms with Crippen molar-refractivity contribution in [3.8, 4) is 0 Å². The molecule has 0 atom stereocenters. The average Bonchev–Trinajstić information content (AvgIpc) is 2.39. The lowest BCUT2D eigenvalue weighted by molar-refractivity contribution is -0.113. The molecule has 5 N–H and O–H groups in total. The van der Waals surface area contributed by atoms with E-state index >= 15 is 0 Å². The molecule has 1 amide bonds. The number of hydrogen-bond donors (Lipinski definition) is 3. The number of nitrogens with one attached hydrogen (secondary N) is 1. The van der Waals surface area contributed by atoms with E-state index in [1.807, 2.05) is 0 Å². The highest BCUT2D eigenvalue weighted by molar-refractivity contribution is 7.99. The number of rotatable bonds is 4. The van der Waals surface area contributed by atoms with Crippen LogP contribution in [0.15, 0.2) is 29.4 Å². The Balaban J connectivity index is 1.95. The average molecular weight is 311 g/mol. The minimum Gasteiger partial charge on any atom is -0.383 e. The molecule has 21 heavy (non-hydrogen) atoms. The summed E-state index contributed by atoms with van der Waals surface area (Å²) in [7, 11) is 0. The molecule has 0 bridgehead atoms. The van der Waals surface area contributed by atoms with Crippen LogP contribution in [0.4, 0.5) is 26.1 Å². The SMILES string of the molecule is Nc1cc(N)nc(SCC(=O)Nc2ccc(F)cc2F)n1. The van der Waals surface area contributed by atoms with Crippen molar-refractivity contribution in [3.05, 3.63) is 35.9 Å². The molecule has 110 valence electrons. The number of anilines is 3. The van der Waals surface area contributed by atoms with Gasteiger partial charge >= 0.3 is 0 Å². The van der Waals surface area contributed by atoms with Crippen molar-refractivity contribution >= 4 is 35.0 Å². The molecule has 2 aromatic rings. The van der Waals surface area contributed by atoms with E-state index in [2.05, 4.69) is 15.3 Å². The van der Waals surface area contributed by atoms with Gasteiger partial charge in [-0.2, -0.15) is 0 Å². The zero-order valence-electron chi connectivity index (χ0n) is 10.6. The summed E-state index contributed by atoms with van der Waals surface area (Å²) >= 11 is 0.994. The number of nitrogens with zero attached hydrogens (tertiary/aromatic N) is 2. The molecule has 0 saturated carbocycles. The molecule has 0 aliphatic heterocycles. The van der Waals surface area contributed by atoms with E-state index in [4.69, 9.17) is 11.5 Å². The van der Waals surface area contributed by atoms with Gasteiger partial charge in [0.1, 0.15) is 23.3 Å². The Hall–Kier alpha value is -2.42. The number of hydrogen-bond acceptors (Lipinski definition) is 6. The van der Waals surface area contributed by atoms with Crippen molar-refractivity contribution in [2.45, 2.75) is 5.16 Å². The summed E-state index contributed by atoms with van der Waals surface area (Å²) in [6, 6.07) is 4.26. The highest BCUT2D eigenvalue weighted by Gasteiger charge is 2.10. The van der Waals surface area contributed by atoms with Crippen molar-refractivity contribution in [1.29, 1.82) is 0 Å². The van der Waals surface area contributed by atoms with E-state index in [9.17, 15) is 13.6 Å². The zero-order chi connectivity index (χ0) is 15.4. The van der Waals surface area contributed by atoms with Crippen LogP contribution in [0.1, 0.15) is 0 Å². The first-order valence-corrected chi connectivity index (χ1v) is 6.70. The topological polar surface area (TPSA) is 107 Å². The second-order valence-corrected chi connectivity index (χ2v) is 4.90. The van der Waals surface area contributed by atoms with Gasteiger partial charge in [0, 0.05) is 12.1 Å². The van der Waals surface area contributed by atoms with Crippen LogP contribution in [0.25, 0.3) is 0 Å². The normalized spacial score (nSPS) is 10.4. The molecule has 0 unspecified atom stereocenters. The lowest BCUT2D eigenvalue weighted by Crippen LogP contribution is -2.15. The molecular formula is C12H11F2N5OS. The molecule has 1 aromatic carbocycles. The molecule has 0 saturated heterocycles. The van der Waals surface area contributed by atoms with Crippen LogP contribution in [0, 0.1) is 11.6 Å². The number of halogens is 2. The quantitative estimate of drug-likeness (QED) is 0.585. The first-order valence-electron chi connectivity index (χ1n) is 5.72. The molecule has 0 fully saturated rings. The molecule has 1 heterocycles. The fourth-order valence-electron chi connectivity index (χ4n) is 1.43. The van der Waals surface area contributed by atoms with Crippen molar-refractivity contribution < 1.29 is 13.6 Å². The Kier molecular flexibility index (Phi) is 4.53. The molecule has 6 nitrogen and oxygen atoms in total. The van der Waals surface area contributed by atoms with Gasteiger partial charge in [-0.25, -0.2) is 18.7 Å². The third-order valence-corrected chi connectivity index (χ3v) is 3.13. The van der Waals surface area contributed by atoms with Gasteiger partial charge in [0.25, 0.3) is 0 Å². The number of aromatic nitrogens is 2. The number of nitrogens with two attached hydrogens (primary N) is 2. The van der Waals surface area contributed by atoms with E-state index in [1.54, 1.807) is 0 Å². The maximum Gasteiger partial charge on any atom is 0.234 e. The monoisotopic (exact) mass is 311 g/mol. The second-order valence-electron chi connectivity index (χ2n) is 3.96. The van der Waals surface area contributed by atoms with Crippen LogP contribution in [0.2, 0.25) is 0 Å². The summed E-state index contributed by atoms with van der Waals surface area (Å²) in [6.07, 6.45) is 0. The Bertz CT molecular complexity index is 662. The number of nitrogen functional groups attached to an aromatic ring is 2. The Labute approximate surface area is 123 Å². The predicted octanol–water partition coefficient (Wildman–Crippen LogP) is 1.65. The number of amides is 1. The van der Waals surface area contributed by atoms with Crippen LogP contribution in [-0.2, 0) is 4.79 Å². The second kappa shape index (κ2) is 6.35. The van der Waals surface area contributed by atoms with Gasteiger partial charge in [0.05, 0.1) is 11.4 Å². The molecule has 0 aliphatic rings. The Morgan fingerprint density at radius 3 is 2.48 bits per heavy atom. The maximum absolute atomic E-state index is 13.4. The van der Waals surface area contributed by atoms with E-state index < -0.39 is 17.5 Å². The molecule has 1 aromatic heterocycles. The molecule has 0 radical (unpaired) electrons. The smallest absolute Gasteiger partial charge is 0.234 e. The first-order chi connectivity index (χ1) is 9.94. The van der Waals surface area contributed by atoms with Gasteiger partial charge < -0.3 is 16.8 Å². The molecule has 9 heteroatoms. The van der Waals surface area contributed by atoms with Crippen molar-refractivity contribution in [2.75, 3.05) is 22.5 Å². The highest BCUT2D eigenvalue weighted by Crippen LogP contribution is 2.18. The minimum atomic E-state index is -0.849. The number of carbonyl (C=O) groups is 1. The fourth-order valence-corrected chi connectivity index (χ4v) is 2.11. The molecule has 0 spiro atoms. The first kappa shape index (κ1) is 15.0. The summed E-state index contributed by atoms with van der Waals surface area (Å²) in [6.45, 7) is 0. The van der Waals surface area contributed by atoms with Crippen molar-refractivity contribution in [3.63, 3.8) is 0 Å². The van der Waals surface area contributed by atoms with E-state index in [0.29, 0.717) is 6.07 Å². The van der Waals surface area contributed by atoms with Crippen LogP contribution >= 0.6 is 11.8 Å². The van der Waals surface area contributed by atoms with Crippen molar-refractivity contribution in [2.24, 2.45) is 0 Å². The third-order valence-electron chi connectivity index (χ3n) is 2.28. The van der Waals surface area contributed by atoms with Crippen LogP contribution < -0.4 is 16.8 Å². The predicted molar refractivity (Wildman–Crippen MR) is 76.6 cm³/mol. The van der Waals surface area contributed by atoms with Gasteiger partial charge in [-0.15, -0.1) is 0 Å². The summed E-state index contributed by atoms with van der Waals surface area (Å²) in [4.78, 5) is 19.5. The summed E-state index contributed by atoms with van der Waals surface area (Å²) < 4.78 is 26.1. The van der Waals surface area contributed by atoms with E-state index in [-0.39, 0.29) is 28.2 Å². The van der Waals surface area contributed by atoms with Crippen LogP contribution in [0.5, 0.6) is 0 Å². The Morgan fingerprint density at radius 2 is 1.86 bits per heavy atom. The van der Waals surface area contributed by atoms with Crippen molar-refractivity contribution in [1.82, 2.24) is 9.97 Å². The highest BCUT2D eigenvalue weighted by atomic mass is 32.2. The van der Waals surface area contributed by atoms with Gasteiger partial charge in [-0.1, -0.05) is 11.8 Å². The van der Waals surface area contributed by atoms with Gasteiger partial charge in [0.2, 0.25) is 5.91 Å². The van der Waals surface area contributed by atoms with Gasteiger partial charge in [0.15, 0.2) is 5.16 Å². The number of benzene rings is 1. The maximum atomic E-state index is 13.4. The lowest BCUT2D eigenvalue weighted by Gasteiger charge is -2.06. The largest absolute Gasteiger partial charge is 0.383 e. The van der Waals surface area contributed by atoms with E-state index in [1.165, 1.54) is 6.07 Å². The van der Waals surface area contributed by atoms with Gasteiger partial charge in [-0.3, -0.25) is 4.79 Å². The summed E-state index contributed by atoms with van der Waals surface area (Å²) in [5, 5.41) is 2.56.